The highest BCUT2D eigenvalue weighted by atomic mass is 16.6. The van der Waals surface area contributed by atoms with E-state index in [1.54, 1.807) is 0 Å². The third-order valence-corrected chi connectivity index (χ3v) is 14.0. The van der Waals surface area contributed by atoms with Crippen molar-refractivity contribution in [3.63, 3.8) is 0 Å². The van der Waals surface area contributed by atoms with Crippen molar-refractivity contribution >= 4 is 23.1 Å². The Hall–Kier alpha value is -3.68. The van der Waals surface area contributed by atoms with Crippen LogP contribution in [0.25, 0.3) is 0 Å². The summed E-state index contributed by atoms with van der Waals surface area (Å²) in [5.41, 5.74) is 17.8. The van der Waals surface area contributed by atoms with E-state index in [4.69, 9.17) is 19.8 Å². The number of benzene rings is 2. The van der Waals surface area contributed by atoms with Crippen molar-refractivity contribution < 1.29 is 9.68 Å². The van der Waals surface area contributed by atoms with Crippen molar-refractivity contribution in [2.45, 2.75) is 130 Å². The first kappa shape index (κ1) is 44.0. The second-order valence-corrected chi connectivity index (χ2v) is 17.2. The van der Waals surface area contributed by atoms with Crippen molar-refractivity contribution in [3.8, 4) is 0 Å². The summed E-state index contributed by atoms with van der Waals surface area (Å²) in [5.74, 6) is 4.74. The first-order chi connectivity index (χ1) is 25.2. The van der Waals surface area contributed by atoms with Gasteiger partial charge in [-0.05, 0) is 188 Å². The molecule has 0 atom stereocenters. The lowest BCUT2D eigenvalue weighted by Gasteiger charge is -2.56. The Labute approximate surface area is 334 Å². The molecule has 2 aromatic carbocycles. The number of nitrogens with zero attached hydrogens (tertiary/aromatic N) is 6. The molecule has 0 aromatic heterocycles. The molecule has 304 valence electrons. The molecule has 4 saturated carbocycles. The summed E-state index contributed by atoms with van der Waals surface area (Å²) in [5, 5.41) is 9.30. The third kappa shape index (κ3) is 8.39. The van der Waals surface area contributed by atoms with Gasteiger partial charge in [-0.2, -0.15) is 0 Å². The van der Waals surface area contributed by atoms with Crippen molar-refractivity contribution in [1.29, 1.82) is 0 Å². The zero-order chi connectivity index (χ0) is 38.4. The van der Waals surface area contributed by atoms with Crippen LogP contribution in [0, 0.1) is 92.4 Å². The van der Waals surface area contributed by atoms with Crippen molar-refractivity contribution in [2.75, 3.05) is 53.5 Å². The normalized spacial score (nSPS) is 24.2. The summed E-state index contributed by atoms with van der Waals surface area (Å²) >= 11 is 0. The molecule has 8 heteroatoms. The minimum Gasteiger partial charge on any atom is -0.396 e. The van der Waals surface area contributed by atoms with Gasteiger partial charge in [0.05, 0.1) is 13.1 Å². The molecule has 4 aliphatic carbocycles. The molecule has 8 rings (SSSR count). The standard InChI is InChI=1S/C27H39N3O.C18H27N3O.2CH4/c1-16-17(2)19(4)24(20(5)18(16)3)25(26-28-7-8-30(26)6)29-31-15-27-12-21-9-22(13-27)11-23(10-21)14-27;1-8-22-20-17(18-19-9-10-21(18)7)16-14(5)12(3)11(2)13(4)15(16)6;;/h21-23H,7-15H2,1-6H3;8-10H2,1-7H3;2*1H4. The summed E-state index contributed by atoms with van der Waals surface area (Å²) in [7, 11) is 4.19. The first-order valence-corrected chi connectivity index (χ1v) is 20.2. The van der Waals surface area contributed by atoms with Crippen LogP contribution in [-0.4, -0.2) is 86.4 Å². The smallest absolute Gasteiger partial charge is 0.153 e. The lowest BCUT2D eigenvalue weighted by Crippen LogP contribution is -2.48. The van der Waals surface area contributed by atoms with Crippen LogP contribution in [-0.2, 0) is 9.68 Å². The minimum absolute atomic E-state index is 0. The lowest BCUT2D eigenvalue weighted by atomic mass is 9.50. The maximum Gasteiger partial charge on any atom is 0.153 e. The zero-order valence-corrected chi connectivity index (χ0v) is 35.2. The number of likely N-dealkylation sites (N-methyl/N-ethyl adjacent to an activating group) is 2. The van der Waals surface area contributed by atoms with E-state index >= 15 is 0 Å². The van der Waals surface area contributed by atoms with Gasteiger partial charge >= 0.3 is 0 Å². The number of hydrogen-bond acceptors (Lipinski definition) is 8. The Morgan fingerprint density at radius 3 is 1.20 bits per heavy atom. The fourth-order valence-electron chi connectivity index (χ4n) is 10.5. The minimum atomic E-state index is 0. The summed E-state index contributed by atoms with van der Waals surface area (Å²) in [6.07, 6.45) is 8.46. The molecule has 0 amide bonds. The maximum absolute atomic E-state index is 6.30. The third-order valence-electron chi connectivity index (χ3n) is 14.0. The van der Waals surface area contributed by atoms with E-state index in [2.05, 4.69) is 103 Å². The zero-order valence-electron chi connectivity index (χ0n) is 35.2. The highest BCUT2D eigenvalue weighted by molar-refractivity contribution is 6.48. The van der Waals surface area contributed by atoms with Crippen LogP contribution < -0.4 is 0 Å². The fraction of sp³-hybridized carbons (Fsp3) is 0.660. The Morgan fingerprint density at radius 1 is 0.564 bits per heavy atom. The quantitative estimate of drug-likeness (QED) is 0.189. The van der Waals surface area contributed by atoms with Gasteiger partial charge in [0.2, 0.25) is 0 Å². The molecular formula is C47H74N6O2. The van der Waals surface area contributed by atoms with Crippen LogP contribution in [0.4, 0.5) is 0 Å². The van der Waals surface area contributed by atoms with Gasteiger partial charge in [-0.25, -0.2) is 0 Å². The van der Waals surface area contributed by atoms with Gasteiger partial charge in [0.15, 0.2) is 23.1 Å². The van der Waals surface area contributed by atoms with Crippen LogP contribution >= 0.6 is 0 Å². The molecule has 6 aliphatic rings. The van der Waals surface area contributed by atoms with Gasteiger partial charge in [0.25, 0.3) is 0 Å². The molecule has 55 heavy (non-hydrogen) atoms. The van der Waals surface area contributed by atoms with Gasteiger partial charge in [-0.1, -0.05) is 25.2 Å². The van der Waals surface area contributed by atoms with Crippen LogP contribution in [0.15, 0.2) is 20.3 Å². The van der Waals surface area contributed by atoms with E-state index in [1.807, 2.05) is 6.92 Å². The monoisotopic (exact) mass is 755 g/mol. The largest absolute Gasteiger partial charge is 0.396 e. The Kier molecular flexibility index (Phi) is 14.1. The Bertz CT molecular complexity index is 1770. The predicted octanol–water partition coefficient (Wildman–Crippen LogP) is 10.1. The molecule has 4 fully saturated rings. The number of rotatable bonds is 9. The van der Waals surface area contributed by atoms with E-state index < -0.39 is 0 Å². The molecule has 0 radical (unpaired) electrons. The number of amidine groups is 2. The van der Waals surface area contributed by atoms with Gasteiger partial charge in [0, 0.05) is 43.7 Å². The summed E-state index contributed by atoms with van der Waals surface area (Å²) in [6.45, 7) is 28.9. The van der Waals surface area contributed by atoms with Gasteiger partial charge in [-0.3, -0.25) is 9.98 Å². The Balaban J connectivity index is 0.000000250. The highest BCUT2D eigenvalue weighted by Crippen LogP contribution is 2.60. The fourth-order valence-corrected chi connectivity index (χ4v) is 10.5. The van der Waals surface area contributed by atoms with Gasteiger partial charge in [0.1, 0.15) is 13.2 Å². The molecule has 0 saturated heterocycles. The summed E-state index contributed by atoms with van der Waals surface area (Å²) < 4.78 is 0. The molecule has 0 N–H and O–H groups in total. The predicted molar refractivity (Wildman–Crippen MR) is 235 cm³/mol. The topological polar surface area (TPSA) is 74.4 Å². The first-order valence-electron chi connectivity index (χ1n) is 20.2. The lowest BCUT2D eigenvalue weighted by molar-refractivity contribution is -0.0958. The van der Waals surface area contributed by atoms with Crippen LogP contribution in [0.1, 0.15) is 127 Å². The Morgan fingerprint density at radius 2 is 0.891 bits per heavy atom. The maximum atomic E-state index is 6.30. The van der Waals surface area contributed by atoms with E-state index in [-0.39, 0.29) is 14.9 Å². The van der Waals surface area contributed by atoms with Crippen LogP contribution in [0.3, 0.4) is 0 Å². The summed E-state index contributed by atoms with van der Waals surface area (Å²) in [6, 6.07) is 0. The van der Waals surface area contributed by atoms with Crippen LogP contribution in [0.2, 0.25) is 0 Å². The molecule has 0 unspecified atom stereocenters. The molecule has 2 heterocycles. The number of aliphatic imine (C=N–C) groups is 2. The second-order valence-electron chi connectivity index (χ2n) is 17.2. The SMILES string of the molecule is C.C.CCON=C(C1=NCCN1C)c1c(C)c(C)c(C)c(C)c1C.Cc1c(C)c(C)c(C(=NOCC23CC4CC(CC(C4)C2)C3)C2=NCCN2C)c(C)c1C. The molecule has 4 bridgehead atoms. The molecule has 8 nitrogen and oxygen atoms in total. The highest BCUT2D eigenvalue weighted by Gasteiger charge is 2.51. The number of hydrogen-bond donors (Lipinski definition) is 0. The van der Waals surface area contributed by atoms with Gasteiger partial charge in [-0.15, -0.1) is 0 Å². The molecular weight excluding hydrogens is 681 g/mol. The average Bonchev–Trinajstić information content (AvgIpc) is 3.75. The van der Waals surface area contributed by atoms with Crippen molar-refractivity contribution in [1.82, 2.24) is 9.80 Å². The molecule has 2 aliphatic heterocycles. The van der Waals surface area contributed by atoms with E-state index in [1.165, 1.54) is 105 Å². The number of oxime groups is 2. The average molecular weight is 755 g/mol. The van der Waals surface area contributed by atoms with E-state index in [0.29, 0.717) is 12.0 Å². The van der Waals surface area contributed by atoms with Crippen molar-refractivity contribution in [2.24, 2.45) is 43.5 Å². The van der Waals surface area contributed by atoms with E-state index in [0.717, 1.165) is 73.6 Å². The molecule has 0 spiro atoms. The van der Waals surface area contributed by atoms with Gasteiger partial charge < -0.3 is 19.5 Å². The van der Waals surface area contributed by atoms with Crippen LogP contribution in [0.5, 0.6) is 0 Å². The van der Waals surface area contributed by atoms with Crippen molar-refractivity contribution in [3.05, 3.63) is 66.8 Å². The second kappa shape index (κ2) is 17.6. The molecule has 2 aromatic rings. The summed E-state index contributed by atoms with van der Waals surface area (Å²) in [4.78, 5) is 25.6. The van der Waals surface area contributed by atoms with E-state index in [9.17, 15) is 0 Å².